The van der Waals surface area contributed by atoms with E-state index in [4.69, 9.17) is 5.73 Å². The molecule has 0 aromatic heterocycles. The first kappa shape index (κ1) is 14.9. The standard InChI is InChI=1S/C14H12FIN2O2/c15-10-3-6-12(13(16)8-10)14(17)7-9-1-4-11(5-2-9)18(19)20/h1-6,8,14H,7,17H2. The molecule has 0 aliphatic carbocycles. The highest BCUT2D eigenvalue weighted by atomic mass is 127. The zero-order valence-corrected chi connectivity index (χ0v) is 12.6. The molecule has 0 bridgehead atoms. The Labute approximate surface area is 129 Å². The Bertz CT molecular complexity index is 632. The normalized spacial score (nSPS) is 12.2. The van der Waals surface area contributed by atoms with Crippen LogP contribution in [-0.4, -0.2) is 4.92 Å². The number of hydrogen-bond donors (Lipinski definition) is 1. The van der Waals surface area contributed by atoms with Crippen LogP contribution in [-0.2, 0) is 6.42 Å². The second-order valence-electron chi connectivity index (χ2n) is 4.40. The molecular weight excluding hydrogens is 374 g/mol. The summed E-state index contributed by atoms with van der Waals surface area (Å²) in [6.45, 7) is 0. The van der Waals surface area contributed by atoms with Gasteiger partial charge in [0, 0.05) is 21.7 Å². The molecular formula is C14H12FIN2O2. The fraction of sp³-hybridized carbons (Fsp3) is 0.143. The number of rotatable bonds is 4. The minimum absolute atomic E-state index is 0.0543. The first-order chi connectivity index (χ1) is 9.47. The number of nitro benzene ring substituents is 1. The molecule has 2 N–H and O–H groups in total. The van der Waals surface area contributed by atoms with Gasteiger partial charge in [-0.3, -0.25) is 10.1 Å². The van der Waals surface area contributed by atoms with Crippen molar-refractivity contribution in [2.45, 2.75) is 12.5 Å². The molecule has 6 heteroatoms. The van der Waals surface area contributed by atoms with Crippen molar-refractivity contribution in [3.63, 3.8) is 0 Å². The van der Waals surface area contributed by atoms with E-state index in [0.717, 1.165) is 14.7 Å². The molecule has 0 spiro atoms. The van der Waals surface area contributed by atoms with Gasteiger partial charge >= 0.3 is 0 Å². The van der Waals surface area contributed by atoms with Gasteiger partial charge in [-0.2, -0.15) is 0 Å². The van der Waals surface area contributed by atoms with E-state index in [1.807, 2.05) is 22.6 Å². The highest BCUT2D eigenvalue weighted by Gasteiger charge is 2.12. The summed E-state index contributed by atoms with van der Waals surface area (Å²) in [7, 11) is 0. The van der Waals surface area contributed by atoms with Crippen molar-refractivity contribution in [2.75, 3.05) is 0 Å². The predicted octanol–water partition coefficient (Wildman–Crippen LogP) is 3.58. The number of nitrogens with zero attached hydrogens (tertiary/aromatic N) is 1. The van der Waals surface area contributed by atoms with Crippen molar-refractivity contribution >= 4 is 28.3 Å². The Morgan fingerprint density at radius 1 is 1.25 bits per heavy atom. The first-order valence-electron chi connectivity index (χ1n) is 5.91. The van der Waals surface area contributed by atoms with Crippen molar-refractivity contribution < 1.29 is 9.31 Å². The lowest BCUT2D eigenvalue weighted by Crippen LogP contribution is -2.14. The summed E-state index contributed by atoms with van der Waals surface area (Å²) >= 11 is 2.05. The fourth-order valence-electron chi connectivity index (χ4n) is 1.92. The number of halogens is 2. The van der Waals surface area contributed by atoms with Crippen LogP contribution in [0.2, 0.25) is 0 Å². The molecule has 4 nitrogen and oxygen atoms in total. The van der Waals surface area contributed by atoms with Gasteiger partial charge in [0.25, 0.3) is 5.69 Å². The molecule has 0 radical (unpaired) electrons. The largest absolute Gasteiger partial charge is 0.324 e. The van der Waals surface area contributed by atoms with Gasteiger partial charge < -0.3 is 5.73 Å². The Morgan fingerprint density at radius 2 is 1.90 bits per heavy atom. The second kappa shape index (κ2) is 6.27. The van der Waals surface area contributed by atoms with Crippen molar-refractivity contribution in [1.82, 2.24) is 0 Å². The topological polar surface area (TPSA) is 69.2 Å². The zero-order valence-electron chi connectivity index (χ0n) is 10.4. The average Bonchev–Trinajstić information content (AvgIpc) is 2.39. The van der Waals surface area contributed by atoms with E-state index in [1.54, 1.807) is 18.2 Å². The Kier molecular flexibility index (Phi) is 4.66. The van der Waals surface area contributed by atoms with E-state index in [0.29, 0.717) is 6.42 Å². The van der Waals surface area contributed by atoms with Gasteiger partial charge in [-0.15, -0.1) is 0 Å². The minimum Gasteiger partial charge on any atom is -0.324 e. The van der Waals surface area contributed by atoms with Gasteiger partial charge in [-0.05, 0) is 52.3 Å². The lowest BCUT2D eigenvalue weighted by atomic mass is 9.99. The number of nitrogens with two attached hydrogens (primary N) is 1. The van der Waals surface area contributed by atoms with E-state index in [-0.39, 0.29) is 17.5 Å². The summed E-state index contributed by atoms with van der Waals surface area (Å²) < 4.78 is 13.8. The van der Waals surface area contributed by atoms with Crippen LogP contribution in [0.15, 0.2) is 42.5 Å². The van der Waals surface area contributed by atoms with Crippen LogP contribution in [0.1, 0.15) is 17.2 Å². The highest BCUT2D eigenvalue weighted by Crippen LogP contribution is 2.23. The molecule has 2 rings (SSSR count). The summed E-state index contributed by atoms with van der Waals surface area (Å²) in [6, 6.07) is 10.5. The van der Waals surface area contributed by atoms with E-state index >= 15 is 0 Å². The summed E-state index contributed by atoms with van der Waals surface area (Å²) in [5, 5.41) is 10.6. The maximum absolute atomic E-state index is 13.0. The molecule has 0 aliphatic rings. The third-order valence-corrected chi connectivity index (χ3v) is 3.90. The van der Waals surface area contributed by atoms with E-state index in [1.165, 1.54) is 24.3 Å². The number of non-ortho nitro benzene ring substituents is 1. The van der Waals surface area contributed by atoms with Crippen LogP contribution in [0.25, 0.3) is 0 Å². The number of hydrogen-bond acceptors (Lipinski definition) is 3. The molecule has 0 amide bonds. The van der Waals surface area contributed by atoms with Crippen LogP contribution < -0.4 is 5.73 Å². The lowest BCUT2D eigenvalue weighted by Gasteiger charge is -2.14. The van der Waals surface area contributed by atoms with Crippen LogP contribution in [0.3, 0.4) is 0 Å². The summed E-state index contributed by atoms with van der Waals surface area (Å²) in [6.07, 6.45) is 0.541. The smallest absolute Gasteiger partial charge is 0.269 e. The maximum atomic E-state index is 13.0. The quantitative estimate of drug-likeness (QED) is 0.496. The second-order valence-corrected chi connectivity index (χ2v) is 5.56. The predicted molar refractivity (Wildman–Crippen MR) is 82.8 cm³/mol. The average molecular weight is 386 g/mol. The molecule has 104 valence electrons. The zero-order chi connectivity index (χ0) is 14.7. The van der Waals surface area contributed by atoms with Gasteiger partial charge in [0.05, 0.1) is 4.92 Å². The Balaban J connectivity index is 2.14. The molecule has 1 unspecified atom stereocenters. The molecule has 0 saturated heterocycles. The van der Waals surface area contributed by atoms with Gasteiger partial charge in [0.15, 0.2) is 0 Å². The molecule has 0 heterocycles. The summed E-state index contributed by atoms with van der Waals surface area (Å²) in [5.41, 5.74) is 7.94. The Morgan fingerprint density at radius 3 is 2.45 bits per heavy atom. The third kappa shape index (κ3) is 3.51. The van der Waals surface area contributed by atoms with E-state index in [2.05, 4.69) is 0 Å². The van der Waals surface area contributed by atoms with E-state index in [9.17, 15) is 14.5 Å². The lowest BCUT2D eigenvalue weighted by molar-refractivity contribution is -0.384. The van der Waals surface area contributed by atoms with Crippen LogP contribution in [0.5, 0.6) is 0 Å². The molecule has 0 fully saturated rings. The van der Waals surface area contributed by atoms with E-state index < -0.39 is 4.92 Å². The van der Waals surface area contributed by atoms with Gasteiger partial charge in [0.2, 0.25) is 0 Å². The molecule has 2 aromatic carbocycles. The van der Waals surface area contributed by atoms with Crippen molar-refractivity contribution in [2.24, 2.45) is 5.73 Å². The Hall–Kier alpha value is -1.54. The number of benzene rings is 2. The summed E-state index contributed by atoms with van der Waals surface area (Å²) in [4.78, 5) is 10.1. The summed E-state index contributed by atoms with van der Waals surface area (Å²) in [5.74, 6) is -0.291. The maximum Gasteiger partial charge on any atom is 0.269 e. The molecule has 20 heavy (non-hydrogen) atoms. The monoisotopic (exact) mass is 386 g/mol. The van der Waals surface area contributed by atoms with Crippen LogP contribution in [0.4, 0.5) is 10.1 Å². The molecule has 0 saturated carbocycles. The first-order valence-corrected chi connectivity index (χ1v) is 6.99. The van der Waals surface area contributed by atoms with Gasteiger partial charge in [0.1, 0.15) is 5.82 Å². The van der Waals surface area contributed by atoms with Crippen molar-refractivity contribution in [3.8, 4) is 0 Å². The third-order valence-electron chi connectivity index (χ3n) is 2.96. The minimum atomic E-state index is -0.438. The molecule has 1 atom stereocenters. The van der Waals surface area contributed by atoms with Crippen LogP contribution in [0, 0.1) is 19.5 Å². The molecule has 0 aliphatic heterocycles. The highest BCUT2D eigenvalue weighted by molar-refractivity contribution is 14.1. The van der Waals surface area contributed by atoms with Gasteiger partial charge in [-0.1, -0.05) is 18.2 Å². The van der Waals surface area contributed by atoms with Crippen molar-refractivity contribution in [3.05, 3.63) is 73.1 Å². The molecule has 2 aromatic rings. The number of nitro groups is 1. The van der Waals surface area contributed by atoms with Crippen molar-refractivity contribution in [1.29, 1.82) is 0 Å². The van der Waals surface area contributed by atoms with Gasteiger partial charge in [-0.25, -0.2) is 4.39 Å². The fourth-order valence-corrected chi connectivity index (χ4v) is 2.80. The SMILES string of the molecule is NC(Cc1ccc([N+](=O)[O-])cc1)c1ccc(F)cc1I. The van der Waals surface area contributed by atoms with Crippen LogP contribution >= 0.6 is 22.6 Å².